The molecular formula is C10H16O. The standard InChI is InChI=1S/C10H16O/c1-3-5-7-8-10-11-9-6-4-2/h7-8H,3,5,9-10H2,1-2H3/b8-7+. The van der Waals surface area contributed by atoms with E-state index in [-0.39, 0.29) is 0 Å². The molecule has 0 fully saturated rings. The van der Waals surface area contributed by atoms with Crippen molar-refractivity contribution >= 4 is 0 Å². The van der Waals surface area contributed by atoms with E-state index >= 15 is 0 Å². The van der Waals surface area contributed by atoms with Crippen molar-refractivity contribution in [1.82, 2.24) is 0 Å². The molecule has 0 saturated heterocycles. The van der Waals surface area contributed by atoms with Crippen LogP contribution in [0, 0.1) is 11.8 Å². The van der Waals surface area contributed by atoms with Gasteiger partial charge in [0, 0.05) is 0 Å². The molecule has 0 aromatic heterocycles. The van der Waals surface area contributed by atoms with Gasteiger partial charge in [0.25, 0.3) is 0 Å². The van der Waals surface area contributed by atoms with Gasteiger partial charge in [-0.05, 0) is 13.3 Å². The van der Waals surface area contributed by atoms with Gasteiger partial charge in [-0.25, -0.2) is 0 Å². The van der Waals surface area contributed by atoms with Gasteiger partial charge in [0.1, 0.15) is 6.61 Å². The van der Waals surface area contributed by atoms with Crippen LogP contribution in [0.3, 0.4) is 0 Å². The zero-order chi connectivity index (χ0) is 8.36. The first kappa shape index (κ1) is 10.3. The second-order valence-electron chi connectivity index (χ2n) is 2.20. The normalized spacial score (nSPS) is 9.64. The predicted octanol–water partition coefficient (Wildman–Crippen LogP) is 2.38. The Morgan fingerprint density at radius 1 is 1.36 bits per heavy atom. The van der Waals surface area contributed by atoms with E-state index in [0.717, 1.165) is 6.42 Å². The maximum Gasteiger partial charge on any atom is 0.108 e. The molecule has 0 saturated carbocycles. The van der Waals surface area contributed by atoms with E-state index in [0.29, 0.717) is 13.2 Å². The fourth-order valence-corrected chi connectivity index (χ4v) is 0.603. The van der Waals surface area contributed by atoms with Gasteiger partial charge in [-0.3, -0.25) is 0 Å². The first-order chi connectivity index (χ1) is 5.41. The summed E-state index contributed by atoms with van der Waals surface area (Å²) in [4.78, 5) is 0. The molecule has 11 heavy (non-hydrogen) atoms. The van der Waals surface area contributed by atoms with Crippen molar-refractivity contribution in [3.63, 3.8) is 0 Å². The molecule has 0 amide bonds. The zero-order valence-electron chi connectivity index (χ0n) is 7.39. The van der Waals surface area contributed by atoms with E-state index in [9.17, 15) is 0 Å². The van der Waals surface area contributed by atoms with Gasteiger partial charge in [-0.2, -0.15) is 0 Å². The molecule has 0 bridgehead atoms. The van der Waals surface area contributed by atoms with Crippen LogP contribution in [-0.4, -0.2) is 13.2 Å². The Morgan fingerprint density at radius 2 is 2.18 bits per heavy atom. The smallest absolute Gasteiger partial charge is 0.108 e. The summed E-state index contributed by atoms with van der Waals surface area (Å²) in [7, 11) is 0. The minimum absolute atomic E-state index is 0.549. The van der Waals surface area contributed by atoms with Crippen molar-refractivity contribution in [3.05, 3.63) is 12.2 Å². The molecule has 0 rings (SSSR count). The monoisotopic (exact) mass is 152 g/mol. The molecule has 0 aromatic carbocycles. The number of rotatable bonds is 5. The van der Waals surface area contributed by atoms with Crippen LogP contribution in [-0.2, 0) is 4.74 Å². The van der Waals surface area contributed by atoms with Crippen molar-refractivity contribution in [1.29, 1.82) is 0 Å². The van der Waals surface area contributed by atoms with Crippen LogP contribution in [0.15, 0.2) is 12.2 Å². The second-order valence-corrected chi connectivity index (χ2v) is 2.20. The molecule has 0 heterocycles. The molecule has 0 aliphatic rings. The average molecular weight is 152 g/mol. The lowest BCUT2D eigenvalue weighted by molar-refractivity contribution is 0.199. The third-order valence-corrected chi connectivity index (χ3v) is 1.19. The van der Waals surface area contributed by atoms with E-state index in [1.54, 1.807) is 0 Å². The topological polar surface area (TPSA) is 9.23 Å². The Labute approximate surface area is 69.4 Å². The molecular weight excluding hydrogens is 136 g/mol. The lowest BCUT2D eigenvalue weighted by atomic mass is 10.3. The van der Waals surface area contributed by atoms with Gasteiger partial charge in [0.2, 0.25) is 0 Å². The van der Waals surface area contributed by atoms with E-state index in [2.05, 4.69) is 24.8 Å². The Morgan fingerprint density at radius 3 is 2.82 bits per heavy atom. The zero-order valence-corrected chi connectivity index (χ0v) is 7.39. The summed E-state index contributed by atoms with van der Waals surface area (Å²) in [5.74, 6) is 5.60. The molecule has 0 N–H and O–H groups in total. The van der Waals surface area contributed by atoms with Gasteiger partial charge < -0.3 is 4.74 Å². The summed E-state index contributed by atoms with van der Waals surface area (Å²) in [5.41, 5.74) is 0. The number of ether oxygens (including phenoxy) is 1. The Hall–Kier alpha value is -0.740. The maximum absolute atomic E-state index is 5.16. The Bertz CT molecular complexity index is 148. The molecule has 0 unspecified atom stereocenters. The predicted molar refractivity (Wildman–Crippen MR) is 48.3 cm³/mol. The molecule has 0 aliphatic carbocycles. The van der Waals surface area contributed by atoms with Gasteiger partial charge in [0.05, 0.1) is 6.61 Å². The SMILES string of the molecule is CC#CCOC/C=C/CCC. The lowest BCUT2D eigenvalue weighted by Gasteiger charge is -1.91. The molecule has 1 heteroatoms. The Balaban J connectivity index is 3.05. The van der Waals surface area contributed by atoms with Crippen LogP contribution in [0.1, 0.15) is 26.7 Å². The summed E-state index contributed by atoms with van der Waals surface area (Å²) in [6.45, 7) is 5.21. The van der Waals surface area contributed by atoms with E-state index < -0.39 is 0 Å². The van der Waals surface area contributed by atoms with Crippen molar-refractivity contribution in [2.75, 3.05) is 13.2 Å². The Kier molecular flexibility index (Phi) is 8.64. The fourth-order valence-electron chi connectivity index (χ4n) is 0.603. The second kappa shape index (κ2) is 9.26. The van der Waals surface area contributed by atoms with E-state index in [4.69, 9.17) is 4.74 Å². The average Bonchev–Trinajstić information content (AvgIpc) is 2.03. The van der Waals surface area contributed by atoms with Crippen LogP contribution in [0.2, 0.25) is 0 Å². The number of hydrogen-bond donors (Lipinski definition) is 0. The van der Waals surface area contributed by atoms with Crippen molar-refractivity contribution < 1.29 is 4.74 Å². The van der Waals surface area contributed by atoms with Crippen molar-refractivity contribution in [2.45, 2.75) is 26.7 Å². The van der Waals surface area contributed by atoms with Crippen LogP contribution in [0.4, 0.5) is 0 Å². The van der Waals surface area contributed by atoms with Crippen LogP contribution < -0.4 is 0 Å². The summed E-state index contributed by atoms with van der Waals surface area (Å²) < 4.78 is 5.16. The highest BCUT2D eigenvalue weighted by Gasteiger charge is 1.76. The minimum atomic E-state index is 0.549. The third-order valence-electron chi connectivity index (χ3n) is 1.19. The van der Waals surface area contributed by atoms with Crippen LogP contribution in [0.5, 0.6) is 0 Å². The highest BCUT2D eigenvalue weighted by atomic mass is 16.5. The molecule has 0 aliphatic heterocycles. The van der Waals surface area contributed by atoms with Crippen molar-refractivity contribution in [3.8, 4) is 11.8 Å². The van der Waals surface area contributed by atoms with E-state index in [1.165, 1.54) is 6.42 Å². The van der Waals surface area contributed by atoms with Gasteiger partial charge in [0.15, 0.2) is 0 Å². The highest BCUT2D eigenvalue weighted by molar-refractivity contribution is 4.95. The number of unbranched alkanes of at least 4 members (excludes halogenated alkanes) is 1. The van der Waals surface area contributed by atoms with Gasteiger partial charge in [-0.1, -0.05) is 31.4 Å². The maximum atomic E-state index is 5.16. The van der Waals surface area contributed by atoms with E-state index in [1.807, 2.05) is 13.0 Å². The van der Waals surface area contributed by atoms with Crippen LogP contribution in [0.25, 0.3) is 0 Å². The molecule has 62 valence electrons. The molecule has 0 spiro atoms. The summed E-state index contributed by atoms with van der Waals surface area (Å²) in [6, 6.07) is 0. The van der Waals surface area contributed by atoms with Gasteiger partial charge >= 0.3 is 0 Å². The number of hydrogen-bond acceptors (Lipinski definition) is 1. The fraction of sp³-hybridized carbons (Fsp3) is 0.600. The number of allylic oxidation sites excluding steroid dienone is 1. The molecule has 0 aromatic rings. The van der Waals surface area contributed by atoms with Crippen LogP contribution >= 0.6 is 0 Å². The summed E-state index contributed by atoms with van der Waals surface area (Å²) >= 11 is 0. The summed E-state index contributed by atoms with van der Waals surface area (Å²) in [5, 5.41) is 0. The minimum Gasteiger partial charge on any atom is -0.365 e. The third kappa shape index (κ3) is 9.26. The largest absolute Gasteiger partial charge is 0.365 e. The highest BCUT2D eigenvalue weighted by Crippen LogP contribution is 1.87. The molecule has 0 radical (unpaired) electrons. The van der Waals surface area contributed by atoms with Crippen molar-refractivity contribution in [2.24, 2.45) is 0 Å². The first-order valence-corrected chi connectivity index (χ1v) is 4.04. The first-order valence-electron chi connectivity index (χ1n) is 4.04. The quantitative estimate of drug-likeness (QED) is 0.334. The molecule has 1 nitrogen and oxygen atoms in total. The lowest BCUT2D eigenvalue weighted by Crippen LogP contribution is -1.90. The summed E-state index contributed by atoms with van der Waals surface area (Å²) in [6.07, 6.45) is 6.52. The molecule has 0 atom stereocenters. The van der Waals surface area contributed by atoms with Gasteiger partial charge in [-0.15, -0.1) is 5.92 Å².